The fraction of sp³-hybridized carbons (Fsp3) is 0.269. The molecule has 0 amide bonds. The van der Waals surface area contributed by atoms with E-state index in [1.807, 2.05) is 6.92 Å². The predicted octanol–water partition coefficient (Wildman–Crippen LogP) is 4.66. The van der Waals surface area contributed by atoms with Gasteiger partial charge in [-0.15, -0.1) is 10.2 Å². The molecule has 0 aliphatic heterocycles. The second-order valence-corrected chi connectivity index (χ2v) is 11.5. The van der Waals surface area contributed by atoms with Gasteiger partial charge in [0.05, 0.1) is 27.7 Å². The van der Waals surface area contributed by atoms with E-state index in [-0.39, 0.29) is 28.3 Å². The van der Waals surface area contributed by atoms with Crippen molar-refractivity contribution in [2.24, 2.45) is 0 Å². The number of nitrogens with one attached hydrogen (secondary N) is 1. The molecule has 4 heterocycles. The number of hydrogen-bond donors (Lipinski definition) is 1. The number of anilines is 1. The zero-order chi connectivity index (χ0) is 28.2. The van der Waals surface area contributed by atoms with Gasteiger partial charge in [0.1, 0.15) is 17.7 Å². The highest BCUT2D eigenvalue weighted by Gasteiger charge is 2.35. The Morgan fingerprint density at radius 1 is 1.07 bits per heavy atom. The summed E-state index contributed by atoms with van der Waals surface area (Å²) in [6.45, 7) is 1.87. The number of alkyl halides is 3. The van der Waals surface area contributed by atoms with Gasteiger partial charge in [-0.2, -0.15) is 18.4 Å². The molecule has 0 saturated heterocycles. The molecule has 1 saturated carbocycles. The van der Waals surface area contributed by atoms with Gasteiger partial charge in [-0.25, -0.2) is 22.4 Å². The molecule has 6 rings (SSSR count). The number of pyridine rings is 1. The highest BCUT2D eigenvalue weighted by molar-refractivity contribution is 7.90. The van der Waals surface area contributed by atoms with Crippen LogP contribution < -0.4 is 5.32 Å². The van der Waals surface area contributed by atoms with Crippen molar-refractivity contribution in [2.75, 3.05) is 5.32 Å². The number of nitrogens with zero attached hydrogens (tertiary/aromatic N) is 7. The minimum Gasteiger partial charge on any atom is -0.367 e. The van der Waals surface area contributed by atoms with E-state index in [1.165, 1.54) is 18.5 Å². The molecule has 204 valence electrons. The molecule has 5 aromatic rings. The fourth-order valence-corrected chi connectivity index (χ4v) is 6.45. The van der Waals surface area contributed by atoms with Crippen molar-refractivity contribution < 1.29 is 21.6 Å². The molecule has 1 aliphatic carbocycles. The molecule has 14 heteroatoms. The lowest BCUT2D eigenvalue weighted by Gasteiger charge is -2.16. The Morgan fingerprint density at radius 3 is 2.58 bits per heavy atom. The van der Waals surface area contributed by atoms with Crippen LogP contribution in [0.3, 0.4) is 0 Å². The van der Waals surface area contributed by atoms with Crippen LogP contribution in [0.5, 0.6) is 0 Å². The summed E-state index contributed by atoms with van der Waals surface area (Å²) in [6, 6.07) is 10.4. The van der Waals surface area contributed by atoms with E-state index in [9.17, 15) is 21.6 Å². The third-order valence-electron chi connectivity index (χ3n) is 7.12. The van der Waals surface area contributed by atoms with Crippen LogP contribution in [0, 0.1) is 18.3 Å². The van der Waals surface area contributed by atoms with Gasteiger partial charge in [0.15, 0.2) is 11.3 Å². The molecule has 1 aromatic carbocycles. The van der Waals surface area contributed by atoms with Crippen LogP contribution in [0.25, 0.3) is 16.8 Å². The van der Waals surface area contributed by atoms with Crippen LogP contribution in [0.1, 0.15) is 47.7 Å². The van der Waals surface area contributed by atoms with Gasteiger partial charge in [-0.3, -0.25) is 4.40 Å². The van der Waals surface area contributed by atoms with Crippen LogP contribution in [-0.4, -0.2) is 43.0 Å². The van der Waals surface area contributed by atoms with Gasteiger partial charge >= 0.3 is 6.18 Å². The van der Waals surface area contributed by atoms with E-state index in [1.54, 1.807) is 34.7 Å². The number of benzene rings is 1. The normalized spacial score (nSPS) is 17.9. The zero-order valence-corrected chi connectivity index (χ0v) is 21.8. The van der Waals surface area contributed by atoms with Gasteiger partial charge < -0.3 is 5.32 Å². The number of aryl methyl sites for hydroxylation is 1. The lowest BCUT2D eigenvalue weighted by atomic mass is 10.1. The number of fused-ring (bicyclic) bond motifs is 3. The van der Waals surface area contributed by atoms with Crippen molar-refractivity contribution in [1.29, 1.82) is 5.26 Å². The number of nitriles is 1. The van der Waals surface area contributed by atoms with Gasteiger partial charge in [-0.05, 0) is 50.5 Å². The van der Waals surface area contributed by atoms with E-state index in [2.05, 4.69) is 25.5 Å². The topological polar surface area (TPSA) is 131 Å². The highest BCUT2D eigenvalue weighted by Crippen LogP contribution is 2.37. The average Bonchev–Trinajstić information content (AvgIpc) is 3.66. The molecule has 0 spiro atoms. The van der Waals surface area contributed by atoms with Crippen molar-refractivity contribution >= 4 is 32.7 Å². The molecule has 4 aromatic heterocycles. The molecule has 0 bridgehead atoms. The van der Waals surface area contributed by atoms with Crippen LogP contribution in [0.15, 0.2) is 59.9 Å². The molecule has 1 aliphatic rings. The highest BCUT2D eigenvalue weighted by atomic mass is 32.2. The fourth-order valence-electron chi connectivity index (χ4n) is 5.15. The Labute approximate surface area is 226 Å². The Hall–Kier alpha value is -4.51. The minimum absolute atomic E-state index is 0.0352. The minimum atomic E-state index is -4.67. The van der Waals surface area contributed by atoms with Crippen LogP contribution >= 0.6 is 0 Å². The van der Waals surface area contributed by atoms with Gasteiger partial charge in [0.2, 0.25) is 0 Å². The standard InChI is InChI=1S/C26H21F3N8O2S/c1-15-2-6-19(7-3-15)40(38,39)36-9-8-21-25(36)32-14-23-34-35-24(37(21)23)16-4-5-18(10-16)33-22-11-20(26(27,28)29)17(12-30)13-31-22/h2-3,6-9,11,13-14,16,18H,4-5,10H2,1H3,(H,31,33)/t16-,18+/m1/s1. The summed E-state index contributed by atoms with van der Waals surface area (Å²) in [5, 5.41) is 20.6. The van der Waals surface area contributed by atoms with E-state index in [0.29, 0.717) is 36.3 Å². The molecule has 40 heavy (non-hydrogen) atoms. The molecule has 2 atom stereocenters. The Morgan fingerprint density at radius 2 is 1.85 bits per heavy atom. The summed E-state index contributed by atoms with van der Waals surface area (Å²) in [5.41, 5.74) is 0.562. The summed E-state index contributed by atoms with van der Waals surface area (Å²) >= 11 is 0. The number of hydrogen-bond acceptors (Lipinski definition) is 8. The summed E-state index contributed by atoms with van der Waals surface area (Å²) in [5.74, 6) is 0.546. The molecule has 1 fully saturated rings. The first-order valence-corrected chi connectivity index (χ1v) is 13.8. The van der Waals surface area contributed by atoms with E-state index < -0.39 is 27.3 Å². The number of rotatable bonds is 5. The Kier molecular flexibility index (Phi) is 5.99. The molecule has 0 radical (unpaired) electrons. The summed E-state index contributed by atoms with van der Waals surface area (Å²) in [4.78, 5) is 8.48. The third kappa shape index (κ3) is 4.32. The van der Waals surface area contributed by atoms with E-state index in [4.69, 9.17) is 5.26 Å². The second kappa shape index (κ2) is 9.30. The molecular weight excluding hydrogens is 545 g/mol. The Bertz CT molecular complexity index is 1910. The van der Waals surface area contributed by atoms with Crippen molar-refractivity contribution in [3.8, 4) is 6.07 Å². The van der Waals surface area contributed by atoms with Crippen LogP contribution in [0.2, 0.25) is 0 Å². The summed E-state index contributed by atoms with van der Waals surface area (Å²) in [6.07, 6.45) is 1.01. The first-order valence-electron chi connectivity index (χ1n) is 12.3. The number of halogens is 3. The maximum absolute atomic E-state index is 13.4. The third-order valence-corrected chi connectivity index (χ3v) is 8.80. The largest absolute Gasteiger partial charge is 0.417 e. The quantitative estimate of drug-likeness (QED) is 0.325. The monoisotopic (exact) mass is 566 g/mol. The van der Waals surface area contributed by atoms with Gasteiger partial charge in [0, 0.05) is 24.4 Å². The van der Waals surface area contributed by atoms with Gasteiger partial charge in [0.25, 0.3) is 10.0 Å². The molecule has 1 N–H and O–H groups in total. The maximum Gasteiger partial charge on any atom is 0.417 e. The smallest absolute Gasteiger partial charge is 0.367 e. The van der Waals surface area contributed by atoms with Crippen molar-refractivity contribution in [1.82, 2.24) is 28.5 Å². The second-order valence-electron chi connectivity index (χ2n) is 9.72. The number of aromatic nitrogens is 6. The van der Waals surface area contributed by atoms with E-state index in [0.717, 1.165) is 21.8 Å². The van der Waals surface area contributed by atoms with Crippen LogP contribution in [0.4, 0.5) is 19.0 Å². The molecular formula is C26H21F3N8O2S. The first kappa shape index (κ1) is 25.8. The molecule has 0 unspecified atom stereocenters. The van der Waals surface area contributed by atoms with Gasteiger partial charge in [-0.1, -0.05) is 17.7 Å². The first-order chi connectivity index (χ1) is 19.1. The van der Waals surface area contributed by atoms with Crippen molar-refractivity contribution in [3.05, 3.63) is 77.5 Å². The van der Waals surface area contributed by atoms with E-state index >= 15 is 0 Å². The Balaban J connectivity index is 1.30. The van der Waals surface area contributed by atoms with Crippen molar-refractivity contribution in [2.45, 2.75) is 49.2 Å². The summed E-state index contributed by atoms with van der Waals surface area (Å²) in [7, 11) is -3.90. The SMILES string of the molecule is Cc1ccc(S(=O)(=O)n2ccc3c2ncc2nnc([C@@H]4CC[C@H](Nc5cc(C(F)(F)F)c(C#N)cn5)C4)n23)cc1. The average molecular weight is 567 g/mol. The summed E-state index contributed by atoms with van der Waals surface area (Å²) < 4.78 is 69.7. The van der Waals surface area contributed by atoms with Crippen molar-refractivity contribution in [3.63, 3.8) is 0 Å². The lowest BCUT2D eigenvalue weighted by Crippen LogP contribution is -2.18. The molecule has 10 nitrogen and oxygen atoms in total. The maximum atomic E-state index is 13.4. The zero-order valence-electron chi connectivity index (χ0n) is 21.0. The predicted molar refractivity (Wildman–Crippen MR) is 138 cm³/mol. The lowest BCUT2D eigenvalue weighted by molar-refractivity contribution is -0.137. The van der Waals surface area contributed by atoms with Crippen LogP contribution in [-0.2, 0) is 16.2 Å².